The number of sulfonamides is 1. The molecule has 0 unspecified atom stereocenters. The summed E-state index contributed by atoms with van der Waals surface area (Å²) in [6, 6.07) is 4.24. The molecule has 2 rings (SSSR count). The van der Waals surface area contributed by atoms with Gasteiger partial charge in [-0.2, -0.15) is 4.31 Å². The standard InChI is InChI=1S/C18H28N4O5S/c1-13-12-20(9-10-21(13)17(23)14(19)11-18(2,3)4)28(26,27)16-8-6-5-7-15(16)22(24)25/h5-8,13-14H,9-12,19H2,1-4H3/t13-,14+/m1/s1. The van der Waals surface area contributed by atoms with Gasteiger partial charge in [0.05, 0.1) is 11.0 Å². The highest BCUT2D eigenvalue weighted by molar-refractivity contribution is 7.89. The fourth-order valence-electron chi connectivity index (χ4n) is 3.40. The Morgan fingerprint density at radius 3 is 2.46 bits per heavy atom. The number of carbonyl (C=O) groups excluding carboxylic acids is 1. The summed E-state index contributed by atoms with van der Waals surface area (Å²) in [6.45, 7) is 8.07. The summed E-state index contributed by atoms with van der Waals surface area (Å²) >= 11 is 0. The van der Waals surface area contributed by atoms with Gasteiger partial charge < -0.3 is 10.6 Å². The highest BCUT2D eigenvalue weighted by atomic mass is 32.2. The minimum absolute atomic E-state index is 0.0579. The number of nitro benzene ring substituents is 1. The third-order valence-electron chi connectivity index (χ3n) is 4.70. The SMILES string of the molecule is C[C@@H]1CN(S(=O)(=O)c2ccccc2[N+](=O)[O-])CCN1C(=O)[C@@H](N)CC(C)(C)C. The van der Waals surface area contributed by atoms with Crippen LogP contribution in [0.25, 0.3) is 0 Å². The van der Waals surface area contributed by atoms with Crippen LogP contribution in [0, 0.1) is 15.5 Å². The number of nitrogens with two attached hydrogens (primary N) is 1. The molecule has 2 atom stereocenters. The summed E-state index contributed by atoms with van der Waals surface area (Å²) in [7, 11) is -4.05. The molecule has 10 heteroatoms. The summed E-state index contributed by atoms with van der Waals surface area (Å²) in [4.78, 5) is 24.5. The van der Waals surface area contributed by atoms with E-state index < -0.39 is 26.7 Å². The molecule has 9 nitrogen and oxygen atoms in total. The first-order valence-corrected chi connectivity index (χ1v) is 10.6. The number of nitro groups is 1. The Morgan fingerprint density at radius 2 is 1.93 bits per heavy atom. The van der Waals surface area contributed by atoms with Crippen molar-refractivity contribution in [3.05, 3.63) is 34.4 Å². The molecule has 1 amide bonds. The molecule has 1 aliphatic heterocycles. The molecule has 2 N–H and O–H groups in total. The van der Waals surface area contributed by atoms with Gasteiger partial charge in [-0.25, -0.2) is 8.42 Å². The molecule has 1 aromatic rings. The lowest BCUT2D eigenvalue weighted by Gasteiger charge is -2.40. The van der Waals surface area contributed by atoms with Crippen LogP contribution in [0.4, 0.5) is 5.69 Å². The molecular weight excluding hydrogens is 384 g/mol. The summed E-state index contributed by atoms with van der Waals surface area (Å²) in [5.74, 6) is -0.204. The smallest absolute Gasteiger partial charge is 0.289 e. The topological polar surface area (TPSA) is 127 Å². The van der Waals surface area contributed by atoms with Crippen LogP contribution in [0.1, 0.15) is 34.1 Å². The van der Waals surface area contributed by atoms with E-state index in [9.17, 15) is 23.3 Å². The first-order chi connectivity index (χ1) is 12.8. The summed E-state index contributed by atoms with van der Waals surface area (Å²) in [5, 5.41) is 11.2. The number of nitrogens with zero attached hydrogens (tertiary/aromatic N) is 3. The minimum atomic E-state index is -4.05. The Labute approximate surface area is 165 Å². The van der Waals surface area contributed by atoms with Gasteiger partial charge in [-0.15, -0.1) is 0 Å². The molecular formula is C18H28N4O5S. The van der Waals surface area contributed by atoms with E-state index in [4.69, 9.17) is 5.73 Å². The van der Waals surface area contributed by atoms with Crippen LogP contribution in [0.2, 0.25) is 0 Å². The van der Waals surface area contributed by atoms with Crippen LogP contribution in [0.5, 0.6) is 0 Å². The predicted molar refractivity (Wildman–Crippen MR) is 105 cm³/mol. The van der Waals surface area contributed by atoms with Crippen molar-refractivity contribution in [3.63, 3.8) is 0 Å². The molecule has 1 aromatic carbocycles. The van der Waals surface area contributed by atoms with Crippen molar-refractivity contribution in [1.82, 2.24) is 9.21 Å². The second-order valence-corrected chi connectivity index (χ2v) is 10.2. The third kappa shape index (κ3) is 4.86. The first kappa shape index (κ1) is 22.3. The molecule has 156 valence electrons. The Hall–Kier alpha value is -2.04. The van der Waals surface area contributed by atoms with Crippen LogP contribution in [0.15, 0.2) is 29.2 Å². The zero-order valence-electron chi connectivity index (χ0n) is 16.7. The van der Waals surface area contributed by atoms with Crippen molar-refractivity contribution in [2.24, 2.45) is 11.1 Å². The molecule has 1 saturated heterocycles. The van der Waals surface area contributed by atoms with Gasteiger partial charge in [-0.05, 0) is 24.8 Å². The number of piperazine rings is 1. The van der Waals surface area contributed by atoms with E-state index in [0.29, 0.717) is 6.42 Å². The molecule has 0 spiro atoms. The van der Waals surface area contributed by atoms with E-state index in [1.54, 1.807) is 11.8 Å². The van der Waals surface area contributed by atoms with Gasteiger partial charge in [0.15, 0.2) is 4.90 Å². The minimum Gasteiger partial charge on any atom is -0.336 e. The predicted octanol–water partition coefficient (Wildman–Crippen LogP) is 1.58. The third-order valence-corrected chi connectivity index (χ3v) is 6.62. The Morgan fingerprint density at radius 1 is 1.32 bits per heavy atom. The lowest BCUT2D eigenvalue weighted by molar-refractivity contribution is -0.387. The van der Waals surface area contributed by atoms with Crippen LogP contribution in [-0.4, -0.2) is 60.2 Å². The molecule has 28 heavy (non-hydrogen) atoms. The number of rotatable bonds is 5. The van der Waals surface area contributed by atoms with E-state index >= 15 is 0 Å². The van der Waals surface area contributed by atoms with E-state index in [1.165, 1.54) is 28.6 Å². The highest BCUT2D eigenvalue weighted by Crippen LogP contribution is 2.28. The second-order valence-electron chi connectivity index (χ2n) is 8.34. The number of carbonyl (C=O) groups is 1. The van der Waals surface area contributed by atoms with Crippen LogP contribution in [0.3, 0.4) is 0 Å². The van der Waals surface area contributed by atoms with Crippen molar-refractivity contribution in [3.8, 4) is 0 Å². The molecule has 1 fully saturated rings. The number of hydrogen-bond donors (Lipinski definition) is 1. The molecule has 1 heterocycles. The summed E-state index contributed by atoms with van der Waals surface area (Å²) in [6.07, 6.45) is 0.521. The average Bonchev–Trinajstić information content (AvgIpc) is 2.59. The highest BCUT2D eigenvalue weighted by Gasteiger charge is 2.38. The van der Waals surface area contributed by atoms with Crippen LogP contribution in [-0.2, 0) is 14.8 Å². The maximum atomic E-state index is 12.9. The van der Waals surface area contributed by atoms with Crippen molar-refractivity contribution in [2.45, 2.75) is 51.1 Å². The molecule has 0 aliphatic carbocycles. The van der Waals surface area contributed by atoms with E-state index in [-0.39, 0.29) is 41.9 Å². The molecule has 0 bridgehead atoms. The van der Waals surface area contributed by atoms with Gasteiger partial charge in [-0.1, -0.05) is 32.9 Å². The largest absolute Gasteiger partial charge is 0.336 e. The quantitative estimate of drug-likeness (QED) is 0.578. The normalized spacial score (nSPS) is 20.0. The van der Waals surface area contributed by atoms with Crippen molar-refractivity contribution in [2.75, 3.05) is 19.6 Å². The maximum Gasteiger partial charge on any atom is 0.289 e. The number of para-hydroxylation sites is 1. The number of amides is 1. The lowest BCUT2D eigenvalue weighted by Crippen LogP contribution is -2.58. The Kier molecular flexibility index (Phi) is 6.47. The van der Waals surface area contributed by atoms with E-state index in [1.807, 2.05) is 20.8 Å². The van der Waals surface area contributed by atoms with Gasteiger partial charge >= 0.3 is 0 Å². The fraction of sp³-hybridized carbons (Fsp3) is 0.611. The first-order valence-electron chi connectivity index (χ1n) is 9.14. The van der Waals surface area contributed by atoms with E-state index in [2.05, 4.69) is 0 Å². The van der Waals surface area contributed by atoms with Crippen molar-refractivity contribution in [1.29, 1.82) is 0 Å². The van der Waals surface area contributed by atoms with Crippen LogP contribution < -0.4 is 5.73 Å². The monoisotopic (exact) mass is 412 g/mol. The number of benzene rings is 1. The molecule has 1 aliphatic rings. The Bertz CT molecular complexity index is 850. The molecule has 0 aromatic heterocycles. The fourth-order valence-corrected chi connectivity index (χ4v) is 5.06. The molecule has 0 radical (unpaired) electrons. The zero-order chi connectivity index (χ0) is 21.3. The van der Waals surface area contributed by atoms with Gasteiger partial charge in [-0.3, -0.25) is 14.9 Å². The zero-order valence-corrected chi connectivity index (χ0v) is 17.5. The van der Waals surface area contributed by atoms with Crippen molar-refractivity contribution >= 4 is 21.6 Å². The average molecular weight is 413 g/mol. The number of hydrogen-bond acceptors (Lipinski definition) is 6. The maximum absolute atomic E-state index is 12.9. The second kappa shape index (κ2) is 8.14. The van der Waals surface area contributed by atoms with Gasteiger partial charge in [0.2, 0.25) is 15.9 Å². The lowest BCUT2D eigenvalue weighted by atomic mass is 9.88. The van der Waals surface area contributed by atoms with Gasteiger partial charge in [0.25, 0.3) is 5.69 Å². The van der Waals surface area contributed by atoms with Crippen LogP contribution >= 0.6 is 0 Å². The summed E-state index contributed by atoms with van der Waals surface area (Å²) < 4.78 is 27.1. The molecule has 0 saturated carbocycles. The summed E-state index contributed by atoms with van der Waals surface area (Å²) in [5.41, 5.74) is 5.50. The van der Waals surface area contributed by atoms with Gasteiger partial charge in [0.1, 0.15) is 0 Å². The van der Waals surface area contributed by atoms with E-state index in [0.717, 1.165) is 0 Å². The van der Waals surface area contributed by atoms with Crippen molar-refractivity contribution < 1.29 is 18.1 Å². The Balaban J connectivity index is 2.17. The van der Waals surface area contributed by atoms with Gasteiger partial charge in [0, 0.05) is 31.7 Å².